The minimum Gasteiger partial charge on any atom is -0.493 e. The van der Waals surface area contributed by atoms with Gasteiger partial charge in [-0.2, -0.15) is 0 Å². The molecule has 1 aromatic rings. The fourth-order valence-electron chi connectivity index (χ4n) is 3.38. The topological polar surface area (TPSA) is 71.6 Å². The molecule has 7 heteroatoms. The third-order valence-electron chi connectivity index (χ3n) is 5.29. The average Bonchev–Trinajstić information content (AvgIpc) is 2.72. The van der Waals surface area contributed by atoms with Gasteiger partial charge in [-0.05, 0) is 54.2 Å². The Balaban J connectivity index is 1.83. The fraction of sp³-hybridized carbons (Fsp3) is 0.455. The van der Waals surface area contributed by atoms with E-state index in [9.17, 15) is 4.79 Å². The molecule has 1 amide bonds. The Morgan fingerprint density at radius 1 is 1.28 bits per heavy atom. The second kappa shape index (κ2) is 11.5. The van der Waals surface area contributed by atoms with Crippen LogP contribution in [0, 0.1) is 11.8 Å². The second-order valence-electron chi connectivity index (χ2n) is 7.30. The van der Waals surface area contributed by atoms with Crippen molar-refractivity contribution in [1.29, 1.82) is 0 Å². The lowest BCUT2D eigenvalue weighted by molar-refractivity contribution is -0.116. The molecule has 0 radical (unpaired) electrons. The molecule has 3 N–H and O–H groups in total. The molecule has 0 saturated heterocycles. The van der Waals surface area contributed by atoms with E-state index in [0.29, 0.717) is 41.1 Å². The highest BCUT2D eigenvalue weighted by Gasteiger charge is 2.27. The zero-order chi connectivity index (χ0) is 21.2. The Labute approximate surface area is 178 Å². The van der Waals surface area contributed by atoms with E-state index in [2.05, 4.69) is 36.6 Å². The number of rotatable bonds is 7. The van der Waals surface area contributed by atoms with Crippen molar-refractivity contribution in [1.82, 2.24) is 16.2 Å². The maximum absolute atomic E-state index is 12.1. The molecule has 29 heavy (non-hydrogen) atoms. The molecule has 2 rings (SSSR count). The number of nitrogens with one attached hydrogen (secondary N) is 3. The number of ether oxygens (including phenoxy) is 2. The molecule has 1 aliphatic carbocycles. The largest absolute Gasteiger partial charge is 0.493 e. The van der Waals surface area contributed by atoms with Gasteiger partial charge in [0.2, 0.25) is 0 Å². The fourth-order valence-corrected chi connectivity index (χ4v) is 3.58. The van der Waals surface area contributed by atoms with Gasteiger partial charge in [0, 0.05) is 12.1 Å². The number of hydrazine groups is 1. The van der Waals surface area contributed by atoms with Crippen molar-refractivity contribution in [2.45, 2.75) is 39.2 Å². The van der Waals surface area contributed by atoms with Gasteiger partial charge in [0.15, 0.2) is 16.6 Å². The molecule has 0 aromatic heterocycles. The van der Waals surface area contributed by atoms with Crippen molar-refractivity contribution in [3.8, 4) is 11.5 Å². The molecule has 1 saturated carbocycles. The maximum Gasteiger partial charge on any atom is 0.262 e. The highest BCUT2D eigenvalue weighted by Crippen LogP contribution is 2.29. The van der Waals surface area contributed by atoms with Crippen molar-refractivity contribution in [3.05, 3.63) is 42.5 Å². The van der Waals surface area contributed by atoms with Crippen molar-refractivity contribution in [3.63, 3.8) is 0 Å². The van der Waals surface area contributed by atoms with Gasteiger partial charge in [0.25, 0.3) is 5.91 Å². The number of thiocarbonyl (C=S) groups is 1. The van der Waals surface area contributed by atoms with Crippen molar-refractivity contribution < 1.29 is 14.3 Å². The number of carbonyl (C=O) groups excluding carboxylic acids is 1. The summed E-state index contributed by atoms with van der Waals surface area (Å²) in [5, 5.41) is 3.74. The van der Waals surface area contributed by atoms with Gasteiger partial charge in [0.1, 0.15) is 6.61 Å². The van der Waals surface area contributed by atoms with Gasteiger partial charge < -0.3 is 14.8 Å². The van der Waals surface area contributed by atoms with Crippen LogP contribution in [0.25, 0.3) is 6.08 Å². The summed E-state index contributed by atoms with van der Waals surface area (Å²) < 4.78 is 10.8. The van der Waals surface area contributed by atoms with Gasteiger partial charge in [0.05, 0.1) is 7.11 Å². The monoisotopic (exact) mass is 417 g/mol. The number of hydrogen-bond donors (Lipinski definition) is 3. The zero-order valence-corrected chi connectivity index (χ0v) is 18.2. The highest BCUT2D eigenvalue weighted by molar-refractivity contribution is 7.80. The molecule has 1 fully saturated rings. The predicted octanol–water partition coefficient (Wildman–Crippen LogP) is 3.59. The Morgan fingerprint density at radius 2 is 2.07 bits per heavy atom. The standard InChI is InChI=1S/C22H31N3O3S/c1-5-13-28-19-11-9-17(14-20(19)27-4)10-12-21(26)24-25-22(29)23-18-8-6-7-15(2)16(18)3/h5,9-12,14-16,18H,1,6-8,13H2,2-4H3,(H,24,26)(H2,23,25,29)/b12-10+/t15-,16+,18+/m0/s1. The molecule has 0 bridgehead atoms. The first-order valence-corrected chi connectivity index (χ1v) is 10.3. The molecule has 6 nitrogen and oxygen atoms in total. The molecule has 3 atom stereocenters. The van der Waals surface area contributed by atoms with Crippen LogP contribution in [0.4, 0.5) is 0 Å². The number of hydrogen-bond acceptors (Lipinski definition) is 4. The van der Waals surface area contributed by atoms with Crippen molar-refractivity contribution in [2.75, 3.05) is 13.7 Å². The van der Waals surface area contributed by atoms with E-state index < -0.39 is 0 Å². The summed E-state index contributed by atoms with van der Waals surface area (Å²) in [6, 6.07) is 5.77. The minimum atomic E-state index is -0.301. The lowest BCUT2D eigenvalue weighted by Crippen LogP contribution is -2.52. The smallest absolute Gasteiger partial charge is 0.262 e. The summed E-state index contributed by atoms with van der Waals surface area (Å²) in [5.74, 6) is 2.14. The quantitative estimate of drug-likeness (QED) is 0.273. The van der Waals surface area contributed by atoms with Crippen LogP contribution in [-0.2, 0) is 4.79 Å². The van der Waals surface area contributed by atoms with Gasteiger partial charge in [-0.1, -0.05) is 45.4 Å². The molecule has 0 unspecified atom stereocenters. The molecule has 0 spiro atoms. The molecule has 158 valence electrons. The van der Waals surface area contributed by atoms with Crippen LogP contribution in [0.1, 0.15) is 38.7 Å². The van der Waals surface area contributed by atoms with Gasteiger partial charge >= 0.3 is 0 Å². The van der Waals surface area contributed by atoms with Crippen molar-refractivity contribution in [2.24, 2.45) is 11.8 Å². The number of methoxy groups -OCH3 is 1. The summed E-state index contributed by atoms with van der Waals surface area (Å²) in [7, 11) is 1.57. The molecular weight excluding hydrogens is 386 g/mol. The highest BCUT2D eigenvalue weighted by atomic mass is 32.1. The third kappa shape index (κ3) is 7.09. The first-order chi connectivity index (χ1) is 13.9. The molecule has 1 aromatic carbocycles. The van der Waals surface area contributed by atoms with E-state index in [1.54, 1.807) is 31.4 Å². The predicted molar refractivity (Wildman–Crippen MR) is 121 cm³/mol. The van der Waals surface area contributed by atoms with Crippen molar-refractivity contribution >= 4 is 29.3 Å². The van der Waals surface area contributed by atoms with Crippen LogP contribution in [-0.4, -0.2) is 30.8 Å². The van der Waals surface area contributed by atoms with Crippen LogP contribution in [0.2, 0.25) is 0 Å². The van der Waals surface area contributed by atoms with Gasteiger partial charge in [-0.3, -0.25) is 15.6 Å². The number of benzene rings is 1. The zero-order valence-electron chi connectivity index (χ0n) is 17.4. The minimum absolute atomic E-state index is 0.301. The number of amides is 1. The van der Waals surface area contributed by atoms with E-state index in [4.69, 9.17) is 21.7 Å². The first-order valence-electron chi connectivity index (χ1n) is 9.91. The maximum atomic E-state index is 12.1. The van der Waals surface area contributed by atoms with E-state index in [-0.39, 0.29) is 5.91 Å². The summed E-state index contributed by atoms with van der Waals surface area (Å²) in [4.78, 5) is 12.1. The SMILES string of the molecule is C=CCOc1ccc(/C=C/C(=O)NNC(=S)N[C@@H]2CCC[C@H](C)[C@H]2C)cc1OC. The van der Waals surface area contributed by atoms with Crippen LogP contribution < -0.4 is 25.6 Å². The van der Waals surface area contributed by atoms with Gasteiger partial charge in [-0.25, -0.2) is 0 Å². The Bertz CT molecular complexity index is 751. The van der Waals surface area contributed by atoms with Crippen LogP contribution >= 0.6 is 12.2 Å². The van der Waals surface area contributed by atoms with E-state index in [1.807, 2.05) is 6.07 Å². The molecule has 0 aliphatic heterocycles. The van der Waals surface area contributed by atoms with E-state index >= 15 is 0 Å². The van der Waals surface area contributed by atoms with E-state index in [0.717, 1.165) is 12.0 Å². The van der Waals surface area contributed by atoms with E-state index in [1.165, 1.54) is 18.9 Å². The Hall–Kier alpha value is -2.54. The second-order valence-corrected chi connectivity index (χ2v) is 7.71. The molecule has 0 heterocycles. The normalized spacial score (nSPS) is 21.3. The summed E-state index contributed by atoms with van der Waals surface area (Å²) in [6.07, 6.45) is 8.34. The lowest BCUT2D eigenvalue weighted by atomic mass is 9.78. The Morgan fingerprint density at radius 3 is 2.79 bits per heavy atom. The average molecular weight is 418 g/mol. The molecular formula is C22H31N3O3S. The van der Waals surface area contributed by atoms with Gasteiger partial charge in [-0.15, -0.1) is 0 Å². The van der Waals surface area contributed by atoms with Crippen LogP contribution in [0.5, 0.6) is 11.5 Å². The van der Waals surface area contributed by atoms with Crippen LogP contribution in [0.3, 0.4) is 0 Å². The first kappa shape index (κ1) is 22.7. The summed E-state index contributed by atoms with van der Waals surface area (Å²) in [6.45, 7) is 8.54. The summed E-state index contributed by atoms with van der Waals surface area (Å²) >= 11 is 5.31. The van der Waals surface area contributed by atoms with Crippen LogP contribution in [0.15, 0.2) is 36.9 Å². The Kier molecular flexibility index (Phi) is 8.99. The lowest BCUT2D eigenvalue weighted by Gasteiger charge is -2.35. The summed E-state index contributed by atoms with van der Waals surface area (Å²) in [5.41, 5.74) is 6.17. The number of carbonyl (C=O) groups is 1. The third-order valence-corrected chi connectivity index (χ3v) is 5.51. The molecule has 1 aliphatic rings.